The van der Waals surface area contributed by atoms with Crippen LogP contribution in [-0.4, -0.2) is 37.5 Å². The van der Waals surface area contributed by atoms with E-state index in [0.29, 0.717) is 57.5 Å². The summed E-state index contributed by atoms with van der Waals surface area (Å²) in [5, 5.41) is 1.86. The number of hydrogen-bond donors (Lipinski definition) is 0. The van der Waals surface area contributed by atoms with Crippen LogP contribution in [0.15, 0.2) is 75.7 Å². The van der Waals surface area contributed by atoms with Gasteiger partial charge in [0.2, 0.25) is 0 Å². The number of rotatable bonds is 7. The normalized spacial score (nSPS) is 16.4. The number of hydrogen-bond acceptors (Lipinski definition) is 8. The lowest BCUT2D eigenvalue weighted by molar-refractivity contribution is -0.139. The minimum atomic E-state index is -0.782. The summed E-state index contributed by atoms with van der Waals surface area (Å²) in [7, 11) is 1.60. The van der Waals surface area contributed by atoms with E-state index in [1.807, 2.05) is 67.6 Å². The first-order chi connectivity index (χ1) is 20.0. The van der Waals surface area contributed by atoms with E-state index < -0.39 is 12.0 Å². The van der Waals surface area contributed by atoms with Gasteiger partial charge in [-0.3, -0.25) is 9.36 Å². The van der Waals surface area contributed by atoms with Crippen molar-refractivity contribution in [2.24, 2.45) is 4.99 Å². The van der Waals surface area contributed by atoms with Gasteiger partial charge in [-0.25, -0.2) is 9.79 Å². The van der Waals surface area contributed by atoms with Gasteiger partial charge in [-0.1, -0.05) is 61.1 Å². The Morgan fingerprint density at radius 3 is 2.68 bits per heavy atom. The Morgan fingerprint density at radius 1 is 1.10 bits per heavy atom. The molecule has 0 radical (unpaired) electrons. The summed E-state index contributed by atoms with van der Waals surface area (Å²) < 4.78 is 24.9. The molecule has 6 rings (SSSR count). The first kappa shape index (κ1) is 26.8. The number of allylic oxidation sites excluding steroid dienone is 1. The molecule has 0 N–H and O–H groups in total. The van der Waals surface area contributed by atoms with Crippen LogP contribution in [-0.2, 0) is 9.53 Å². The Bertz CT molecular complexity index is 1870. The number of carbonyl (C=O) groups excluding carboxylic acids is 1. The molecule has 41 heavy (non-hydrogen) atoms. The molecule has 210 valence electrons. The summed E-state index contributed by atoms with van der Waals surface area (Å²) in [6.07, 6.45) is 3.16. The summed E-state index contributed by atoms with van der Waals surface area (Å²) in [6.45, 7) is 4.99. The topological polar surface area (TPSA) is 88.4 Å². The SMILES string of the molecule is CCCC1=C(C(=O)OCC)C(c2c(OC)ccc3ccccc23)n2c(s/c(=C/c3ccc4c(c3)OCCO4)c2=O)=N1. The number of benzene rings is 3. The summed E-state index contributed by atoms with van der Waals surface area (Å²) in [4.78, 5) is 33.3. The van der Waals surface area contributed by atoms with Gasteiger partial charge in [0, 0.05) is 5.56 Å². The zero-order chi connectivity index (χ0) is 28.5. The van der Waals surface area contributed by atoms with Crippen LogP contribution in [0.5, 0.6) is 17.2 Å². The fourth-order valence-electron chi connectivity index (χ4n) is 5.43. The Balaban J connectivity index is 1.64. The van der Waals surface area contributed by atoms with Crippen molar-refractivity contribution < 1.29 is 23.7 Å². The zero-order valence-corrected chi connectivity index (χ0v) is 24.0. The molecule has 0 spiro atoms. The Kier molecular flexibility index (Phi) is 7.36. The molecule has 3 aromatic carbocycles. The number of nitrogens with zero attached hydrogens (tertiary/aromatic N) is 2. The van der Waals surface area contributed by atoms with Gasteiger partial charge in [-0.15, -0.1) is 0 Å². The van der Waals surface area contributed by atoms with Crippen LogP contribution < -0.4 is 29.1 Å². The maximum Gasteiger partial charge on any atom is 0.338 e. The lowest BCUT2D eigenvalue weighted by atomic mass is 9.90. The molecule has 1 aromatic heterocycles. The molecule has 1 atom stereocenters. The highest BCUT2D eigenvalue weighted by Gasteiger charge is 2.37. The first-order valence-corrected chi connectivity index (χ1v) is 14.5. The van der Waals surface area contributed by atoms with Crippen molar-refractivity contribution in [1.29, 1.82) is 0 Å². The number of thiazole rings is 1. The van der Waals surface area contributed by atoms with Gasteiger partial charge in [0.1, 0.15) is 25.0 Å². The molecule has 0 saturated heterocycles. The molecule has 2 aliphatic heterocycles. The van der Waals surface area contributed by atoms with Crippen molar-refractivity contribution in [3.8, 4) is 17.2 Å². The van der Waals surface area contributed by atoms with Crippen LogP contribution in [0.25, 0.3) is 16.8 Å². The van der Waals surface area contributed by atoms with Gasteiger partial charge in [-0.2, -0.15) is 0 Å². The third kappa shape index (κ3) is 4.80. The molecule has 0 amide bonds. The van der Waals surface area contributed by atoms with Gasteiger partial charge in [0.05, 0.1) is 29.5 Å². The summed E-state index contributed by atoms with van der Waals surface area (Å²) in [5.41, 5.74) is 2.27. The minimum Gasteiger partial charge on any atom is -0.496 e. The predicted molar refractivity (Wildman–Crippen MR) is 158 cm³/mol. The molecule has 0 bridgehead atoms. The van der Waals surface area contributed by atoms with Gasteiger partial charge in [0.15, 0.2) is 16.3 Å². The van der Waals surface area contributed by atoms with E-state index in [1.165, 1.54) is 11.3 Å². The third-order valence-electron chi connectivity index (χ3n) is 7.18. The summed E-state index contributed by atoms with van der Waals surface area (Å²) >= 11 is 1.30. The van der Waals surface area contributed by atoms with Gasteiger partial charge < -0.3 is 18.9 Å². The van der Waals surface area contributed by atoms with Crippen LogP contribution in [0, 0.1) is 0 Å². The molecular weight excluding hydrogens is 540 g/mol. The number of fused-ring (bicyclic) bond motifs is 3. The summed E-state index contributed by atoms with van der Waals surface area (Å²) in [6, 6.07) is 16.6. The highest BCUT2D eigenvalue weighted by molar-refractivity contribution is 7.07. The van der Waals surface area contributed by atoms with Gasteiger partial charge >= 0.3 is 5.97 Å². The Morgan fingerprint density at radius 2 is 1.90 bits per heavy atom. The van der Waals surface area contributed by atoms with Crippen molar-refractivity contribution in [3.63, 3.8) is 0 Å². The predicted octanol–water partition coefficient (Wildman–Crippen LogP) is 4.51. The van der Waals surface area contributed by atoms with Crippen LogP contribution in [0.2, 0.25) is 0 Å². The second-order valence-corrected chi connectivity index (χ2v) is 10.7. The van der Waals surface area contributed by atoms with E-state index >= 15 is 0 Å². The Labute approximate surface area is 240 Å². The number of methoxy groups -OCH3 is 1. The molecule has 2 aliphatic rings. The molecule has 0 fully saturated rings. The van der Waals surface area contributed by atoms with E-state index in [2.05, 4.69) is 0 Å². The van der Waals surface area contributed by atoms with Crippen molar-refractivity contribution in [3.05, 3.63) is 96.7 Å². The molecular formula is C32H30N2O6S. The van der Waals surface area contributed by atoms with Crippen molar-refractivity contribution in [1.82, 2.24) is 4.57 Å². The fourth-order valence-corrected chi connectivity index (χ4v) is 6.45. The highest BCUT2D eigenvalue weighted by Crippen LogP contribution is 2.41. The number of carbonyl (C=O) groups is 1. The van der Waals surface area contributed by atoms with Crippen LogP contribution in [0.4, 0.5) is 0 Å². The quantitative estimate of drug-likeness (QED) is 0.304. The lowest BCUT2D eigenvalue weighted by Crippen LogP contribution is -2.40. The van der Waals surface area contributed by atoms with Gasteiger partial charge in [0.25, 0.3) is 5.56 Å². The smallest absolute Gasteiger partial charge is 0.338 e. The average Bonchev–Trinajstić information content (AvgIpc) is 3.30. The molecule has 1 unspecified atom stereocenters. The lowest BCUT2D eigenvalue weighted by Gasteiger charge is -2.28. The molecule has 9 heteroatoms. The molecule has 0 saturated carbocycles. The van der Waals surface area contributed by atoms with Crippen molar-refractivity contribution in [2.45, 2.75) is 32.7 Å². The average molecular weight is 571 g/mol. The maximum absolute atomic E-state index is 14.2. The molecule has 3 heterocycles. The summed E-state index contributed by atoms with van der Waals surface area (Å²) in [5.74, 6) is 1.42. The van der Waals surface area contributed by atoms with E-state index in [4.69, 9.17) is 23.9 Å². The van der Waals surface area contributed by atoms with E-state index in [0.717, 1.165) is 28.3 Å². The Hall–Kier alpha value is -4.37. The third-order valence-corrected chi connectivity index (χ3v) is 8.16. The van der Waals surface area contributed by atoms with Crippen LogP contribution in [0.1, 0.15) is 43.9 Å². The van der Waals surface area contributed by atoms with E-state index in [1.54, 1.807) is 18.6 Å². The standard InChI is InChI=1S/C32H30N2O6S/c1-4-8-22-28(31(36)38-5-2)29(27-21-10-7-6-9-20(21)12-14-24(27)37-3)34-30(35)26(41-32(34)33-22)18-19-11-13-23-25(17-19)40-16-15-39-23/h6-7,9-14,17-18,29H,4-5,8,15-16H2,1-3H3/b26-18+. The molecule has 8 nitrogen and oxygen atoms in total. The number of esters is 1. The highest BCUT2D eigenvalue weighted by atomic mass is 32.1. The van der Waals surface area contributed by atoms with Crippen molar-refractivity contribution in [2.75, 3.05) is 26.9 Å². The van der Waals surface area contributed by atoms with Crippen LogP contribution >= 0.6 is 11.3 Å². The second kappa shape index (κ2) is 11.2. The largest absolute Gasteiger partial charge is 0.496 e. The van der Waals surface area contributed by atoms with Gasteiger partial charge in [-0.05, 0) is 54.0 Å². The number of ether oxygens (including phenoxy) is 4. The molecule has 4 aromatic rings. The first-order valence-electron chi connectivity index (χ1n) is 13.7. The number of aromatic nitrogens is 1. The monoisotopic (exact) mass is 570 g/mol. The van der Waals surface area contributed by atoms with Crippen molar-refractivity contribution >= 4 is 34.2 Å². The van der Waals surface area contributed by atoms with E-state index in [-0.39, 0.29) is 12.2 Å². The van der Waals surface area contributed by atoms with Crippen LogP contribution in [0.3, 0.4) is 0 Å². The molecule has 0 aliphatic carbocycles. The minimum absolute atomic E-state index is 0.204. The maximum atomic E-state index is 14.2. The zero-order valence-electron chi connectivity index (χ0n) is 23.1. The second-order valence-electron chi connectivity index (χ2n) is 9.72. The van der Waals surface area contributed by atoms with E-state index in [9.17, 15) is 9.59 Å². The fraction of sp³-hybridized carbons (Fsp3) is 0.281.